The van der Waals surface area contributed by atoms with E-state index in [9.17, 15) is 0 Å². The topological polar surface area (TPSA) is 85.5 Å². The van der Waals surface area contributed by atoms with Crippen molar-refractivity contribution in [2.45, 2.75) is 19.4 Å². The van der Waals surface area contributed by atoms with Crippen LogP contribution >= 0.6 is 11.3 Å². The van der Waals surface area contributed by atoms with E-state index in [1.807, 2.05) is 23.5 Å². The van der Waals surface area contributed by atoms with Gasteiger partial charge < -0.3 is 20.5 Å². The van der Waals surface area contributed by atoms with Gasteiger partial charge in [-0.1, -0.05) is 6.07 Å². The molecule has 2 aromatic heterocycles. The molecule has 0 aliphatic carbocycles. The largest absolute Gasteiger partial charge is 0.493 e. The van der Waals surface area contributed by atoms with Crippen LogP contribution in [0.25, 0.3) is 10.9 Å². The van der Waals surface area contributed by atoms with Gasteiger partial charge in [0.2, 0.25) is 5.95 Å². The molecule has 1 fully saturated rings. The van der Waals surface area contributed by atoms with Crippen LogP contribution in [0, 0.1) is 5.92 Å². The Kier molecular flexibility index (Phi) is 6.01. The van der Waals surface area contributed by atoms with Crippen molar-refractivity contribution in [2.24, 2.45) is 5.92 Å². The summed E-state index contributed by atoms with van der Waals surface area (Å²) < 4.78 is 10.7. The van der Waals surface area contributed by atoms with E-state index in [1.165, 1.54) is 17.7 Å². The number of rotatable bonds is 7. The van der Waals surface area contributed by atoms with Gasteiger partial charge in [-0.15, -0.1) is 11.3 Å². The first-order valence-corrected chi connectivity index (χ1v) is 10.7. The molecule has 154 valence electrons. The minimum Gasteiger partial charge on any atom is -0.493 e. The van der Waals surface area contributed by atoms with E-state index in [0.29, 0.717) is 29.2 Å². The number of anilines is 2. The van der Waals surface area contributed by atoms with E-state index in [2.05, 4.69) is 37.7 Å². The Morgan fingerprint density at radius 1 is 1.17 bits per heavy atom. The third-order valence-corrected chi connectivity index (χ3v) is 6.31. The Morgan fingerprint density at radius 3 is 2.62 bits per heavy atom. The smallest absolute Gasteiger partial charge is 0.225 e. The maximum atomic E-state index is 6.17. The molecule has 1 aliphatic heterocycles. The van der Waals surface area contributed by atoms with Crippen LogP contribution < -0.4 is 20.5 Å². The highest BCUT2D eigenvalue weighted by atomic mass is 32.1. The van der Waals surface area contributed by atoms with Crippen molar-refractivity contribution in [3.05, 3.63) is 34.5 Å². The summed E-state index contributed by atoms with van der Waals surface area (Å²) in [7, 11) is 3.21. The lowest BCUT2D eigenvalue weighted by Crippen LogP contribution is -2.35. The van der Waals surface area contributed by atoms with E-state index in [4.69, 9.17) is 15.2 Å². The number of hydrogen-bond acceptors (Lipinski definition) is 8. The highest BCUT2D eigenvalue weighted by Crippen LogP contribution is 2.33. The Labute approximate surface area is 174 Å². The molecule has 0 bridgehead atoms. The Bertz CT molecular complexity index is 955. The number of nitrogens with two attached hydrogens (primary N) is 1. The lowest BCUT2D eigenvalue weighted by Gasteiger charge is -2.31. The number of hydrogen-bond donors (Lipinski definition) is 2. The summed E-state index contributed by atoms with van der Waals surface area (Å²) >= 11 is 1.83. The highest BCUT2D eigenvalue weighted by molar-refractivity contribution is 7.09. The van der Waals surface area contributed by atoms with Gasteiger partial charge in [-0.05, 0) is 49.4 Å². The van der Waals surface area contributed by atoms with Crippen LogP contribution in [0.3, 0.4) is 0 Å². The average molecular weight is 414 g/mol. The van der Waals surface area contributed by atoms with Gasteiger partial charge in [0.15, 0.2) is 11.5 Å². The molecule has 1 aromatic carbocycles. The van der Waals surface area contributed by atoms with Crippen molar-refractivity contribution < 1.29 is 9.47 Å². The molecule has 8 heteroatoms. The van der Waals surface area contributed by atoms with Gasteiger partial charge in [0.05, 0.1) is 19.7 Å². The second kappa shape index (κ2) is 8.84. The molecule has 4 rings (SSSR count). The van der Waals surface area contributed by atoms with E-state index >= 15 is 0 Å². The zero-order chi connectivity index (χ0) is 20.2. The summed E-state index contributed by atoms with van der Waals surface area (Å²) in [5.74, 6) is 2.85. The van der Waals surface area contributed by atoms with Crippen molar-refractivity contribution >= 4 is 34.0 Å². The Balaban J connectivity index is 1.37. The zero-order valence-electron chi connectivity index (χ0n) is 16.9. The first kappa shape index (κ1) is 19.7. The van der Waals surface area contributed by atoms with Crippen LogP contribution in [-0.4, -0.2) is 48.7 Å². The predicted octanol–water partition coefficient (Wildman–Crippen LogP) is 3.61. The van der Waals surface area contributed by atoms with Gasteiger partial charge in [-0.3, -0.25) is 4.90 Å². The second-order valence-corrected chi connectivity index (χ2v) is 8.37. The van der Waals surface area contributed by atoms with Crippen LogP contribution in [0.15, 0.2) is 29.6 Å². The summed E-state index contributed by atoms with van der Waals surface area (Å²) in [4.78, 5) is 13.0. The molecule has 0 spiro atoms. The fourth-order valence-corrected chi connectivity index (χ4v) is 4.51. The molecular weight excluding hydrogens is 386 g/mol. The van der Waals surface area contributed by atoms with E-state index in [0.717, 1.165) is 37.1 Å². The minimum atomic E-state index is 0.434. The molecule has 0 atom stereocenters. The van der Waals surface area contributed by atoms with Gasteiger partial charge in [0.1, 0.15) is 5.82 Å². The first-order valence-electron chi connectivity index (χ1n) is 9.84. The third kappa shape index (κ3) is 4.54. The summed E-state index contributed by atoms with van der Waals surface area (Å²) in [5.41, 5.74) is 6.91. The lowest BCUT2D eigenvalue weighted by molar-refractivity contribution is 0.183. The molecule has 1 aliphatic rings. The molecule has 0 unspecified atom stereocenters. The van der Waals surface area contributed by atoms with Crippen molar-refractivity contribution in [2.75, 3.05) is 44.9 Å². The van der Waals surface area contributed by atoms with Gasteiger partial charge in [0, 0.05) is 29.4 Å². The average Bonchev–Trinajstić information content (AvgIpc) is 3.25. The predicted molar refractivity (Wildman–Crippen MR) is 118 cm³/mol. The van der Waals surface area contributed by atoms with Crippen LogP contribution in [0.5, 0.6) is 11.5 Å². The first-order chi connectivity index (χ1) is 14.2. The second-order valence-electron chi connectivity index (χ2n) is 7.34. The number of likely N-dealkylation sites (tertiary alicyclic amines) is 1. The minimum absolute atomic E-state index is 0.434. The fraction of sp³-hybridized carbons (Fsp3) is 0.429. The number of benzene rings is 1. The molecule has 3 aromatic rings. The number of nitrogens with zero attached hydrogens (tertiary/aromatic N) is 3. The highest BCUT2D eigenvalue weighted by Gasteiger charge is 2.20. The Hall–Kier alpha value is -2.58. The summed E-state index contributed by atoms with van der Waals surface area (Å²) in [6.45, 7) is 4.17. The zero-order valence-corrected chi connectivity index (χ0v) is 17.7. The number of thiophene rings is 1. The van der Waals surface area contributed by atoms with Crippen molar-refractivity contribution in [3.63, 3.8) is 0 Å². The van der Waals surface area contributed by atoms with Gasteiger partial charge >= 0.3 is 0 Å². The fourth-order valence-electron chi connectivity index (χ4n) is 3.77. The number of piperidine rings is 1. The van der Waals surface area contributed by atoms with Crippen molar-refractivity contribution in [1.29, 1.82) is 0 Å². The molecule has 3 heterocycles. The number of nitrogens with one attached hydrogen (secondary N) is 1. The molecule has 0 radical (unpaired) electrons. The summed E-state index contributed by atoms with van der Waals surface area (Å²) in [5, 5.41) is 6.29. The molecule has 7 nitrogen and oxygen atoms in total. The van der Waals surface area contributed by atoms with E-state index in [1.54, 1.807) is 14.2 Å². The van der Waals surface area contributed by atoms with Crippen LogP contribution in [0.4, 0.5) is 11.8 Å². The SMILES string of the molecule is COc1cc2nc(NCC3CCN(Cc4cccs4)CC3)nc(N)c2cc1OC. The van der Waals surface area contributed by atoms with Gasteiger partial charge in [-0.2, -0.15) is 4.98 Å². The van der Waals surface area contributed by atoms with Crippen LogP contribution in [0.2, 0.25) is 0 Å². The van der Waals surface area contributed by atoms with E-state index in [-0.39, 0.29) is 0 Å². The summed E-state index contributed by atoms with van der Waals surface area (Å²) in [6, 6.07) is 7.99. The van der Waals surface area contributed by atoms with Crippen LogP contribution in [0.1, 0.15) is 17.7 Å². The van der Waals surface area contributed by atoms with Crippen LogP contribution in [-0.2, 0) is 6.54 Å². The molecule has 1 saturated heterocycles. The standard InChI is InChI=1S/C21H27N5O2S/c1-27-18-10-16-17(11-19(18)28-2)24-21(25-20(16)22)23-12-14-5-7-26(8-6-14)13-15-4-3-9-29-15/h3-4,9-11,14H,5-8,12-13H2,1-2H3,(H3,22,23,24,25). The molecule has 0 amide bonds. The lowest BCUT2D eigenvalue weighted by atomic mass is 9.97. The van der Waals surface area contributed by atoms with Crippen molar-refractivity contribution in [3.8, 4) is 11.5 Å². The number of nitrogen functional groups attached to an aromatic ring is 1. The number of fused-ring (bicyclic) bond motifs is 1. The van der Waals surface area contributed by atoms with Gasteiger partial charge in [0.25, 0.3) is 0 Å². The molecular formula is C21H27N5O2S. The van der Waals surface area contributed by atoms with Crippen molar-refractivity contribution in [1.82, 2.24) is 14.9 Å². The quantitative estimate of drug-likeness (QED) is 0.612. The van der Waals surface area contributed by atoms with E-state index < -0.39 is 0 Å². The normalized spacial score (nSPS) is 15.5. The van der Waals surface area contributed by atoms with Gasteiger partial charge in [-0.25, -0.2) is 4.98 Å². The molecule has 29 heavy (non-hydrogen) atoms. The Morgan fingerprint density at radius 2 is 1.93 bits per heavy atom. The maximum absolute atomic E-state index is 6.17. The third-order valence-electron chi connectivity index (χ3n) is 5.45. The summed E-state index contributed by atoms with van der Waals surface area (Å²) in [6.07, 6.45) is 2.35. The number of ether oxygens (including phenoxy) is 2. The number of aromatic nitrogens is 2. The number of methoxy groups -OCH3 is 2. The monoisotopic (exact) mass is 413 g/mol. The maximum Gasteiger partial charge on any atom is 0.225 e. The molecule has 0 saturated carbocycles. The molecule has 3 N–H and O–H groups in total.